The number of nitrogens with zero attached hydrogens (tertiary/aromatic N) is 1. The minimum Gasteiger partial charge on any atom is -0.497 e. The van der Waals surface area contributed by atoms with Crippen molar-refractivity contribution in [2.45, 2.75) is 6.92 Å². The molecule has 0 atom stereocenters. The number of hydrogen-bond donors (Lipinski definition) is 1. The zero-order valence-electron chi connectivity index (χ0n) is 10.4. The molecular formula is C15H14N2O. The molecule has 0 saturated carbocycles. The van der Waals surface area contributed by atoms with Crippen LogP contribution in [-0.2, 0) is 0 Å². The van der Waals surface area contributed by atoms with E-state index in [1.165, 1.54) is 5.56 Å². The van der Waals surface area contributed by atoms with Gasteiger partial charge < -0.3 is 9.72 Å². The molecule has 2 aromatic heterocycles. The number of hydrogen-bond acceptors (Lipinski definition) is 2. The van der Waals surface area contributed by atoms with Crippen molar-refractivity contribution in [2.75, 3.05) is 7.11 Å². The molecule has 0 bridgehead atoms. The fourth-order valence-electron chi connectivity index (χ4n) is 2.13. The van der Waals surface area contributed by atoms with Crippen molar-refractivity contribution in [3.8, 4) is 17.0 Å². The van der Waals surface area contributed by atoms with Gasteiger partial charge in [0.2, 0.25) is 0 Å². The van der Waals surface area contributed by atoms with Gasteiger partial charge in [-0.15, -0.1) is 0 Å². The molecule has 2 heterocycles. The number of aromatic nitrogens is 2. The third-order valence-electron chi connectivity index (χ3n) is 3.08. The molecular weight excluding hydrogens is 224 g/mol. The van der Waals surface area contributed by atoms with Crippen LogP contribution in [0.25, 0.3) is 22.2 Å². The summed E-state index contributed by atoms with van der Waals surface area (Å²) >= 11 is 0. The van der Waals surface area contributed by atoms with Gasteiger partial charge in [0, 0.05) is 34.9 Å². The number of benzene rings is 1. The standard InChI is InChI=1S/C15H14N2O/c1-10-5-6-16-14(7-10)13-9-17-15-8-11(18-2)3-4-12(13)15/h3-9,17H,1-2H3. The van der Waals surface area contributed by atoms with Gasteiger partial charge >= 0.3 is 0 Å². The molecule has 3 aromatic rings. The minimum atomic E-state index is 0.855. The van der Waals surface area contributed by atoms with Crippen molar-refractivity contribution >= 4 is 10.9 Å². The van der Waals surface area contributed by atoms with Gasteiger partial charge in [0.25, 0.3) is 0 Å². The Labute approximate surface area is 105 Å². The molecule has 0 aliphatic heterocycles. The van der Waals surface area contributed by atoms with Crippen molar-refractivity contribution in [1.29, 1.82) is 0 Å². The van der Waals surface area contributed by atoms with Gasteiger partial charge in [0.05, 0.1) is 12.8 Å². The van der Waals surface area contributed by atoms with E-state index >= 15 is 0 Å². The zero-order chi connectivity index (χ0) is 12.5. The van der Waals surface area contributed by atoms with E-state index < -0.39 is 0 Å². The molecule has 1 aromatic carbocycles. The summed E-state index contributed by atoms with van der Waals surface area (Å²) in [6.45, 7) is 2.07. The normalized spacial score (nSPS) is 10.8. The number of rotatable bonds is 2. The molecule has 1 N–H and O–H groups in total. The topological polar surface area (TPSA) is 37.9 Å². The van der Waals surface area contributed by atoms with Crippen LogP contribution in [0.5, 0.6) is 5.75 Å². The second-order valence-electron chi connectivity index (χ2n) is 4.33. The number of aromatic amines is 1. The van der Waals surface area contributed by atoms with Crippen LogP contribution in [0.4, 0.5) is 0 Å². The van der Waals surface area contributed by atoms with E-state index in [9.17, 15) is 0 Å². The highest BCUT2D eigenvalue weighted by Crippen LogP contribution is 2.29. The number of ether oxygens (including phenoxy) is 1. The Balaban J connectivity index is 2.18. The summed E-state index contributed by atoms with van der Waals surface area (Å²) in [6, 6.07) is 10.1. The summed E-state index contributed by atoms with van der Waals surface area (Å²) < 4.78 is 5.22. The van der Waals surface area contributed by atoms with Crippen molar-refractivity contribution in [3.63, 3.8) is 0 Å². The molecule has 0 unspecified atom stereocenters. The molecule has 0 amide bonds. The number of H-pyrrole nitrogens is 1. The van der Waals surface area contributed by atoms with E-state index in [0.717, 1.165) is 27.9 Å². The predicted molar refractivity (Wildman–Crippen MR) is 72.8 cm³/mol. The first-order chi connectivity index (χ1) is 8.78. The van der Waals surface area contributed by atoms with E-state index in [-0.39, 0.29) is 0 Å². The zero-order valence-corrected chi connectivity index (χ0v) is 10.4. The van der Waals surface area contributed by atoms with Gasteiger partial charge in [0.1, 0.15) is 5.75 Å². The molecule has 0 aliphatic rings. The predicted octanol–water partition coefficient (Wildman–Crippen LogP) is 3.55. The fourth-order valence-corrected chi connectivity index (χ4v) is 2.13. The third-order valence-corrected chi connectivity index (χ3v) is 3.08. The lowest BCUT2D eigenvalue weighted by molar-refractivity contribution is 0.415. The molecule has 0 fully saturated rings. The summed E-state index contributed by atoms with van der Waals surface area (Å²) in [5, 5.41) is 1.16. The molecule has 3 nitrogen and oxygen atoms in total. The first-order valence-electron chi connectivity index (χ1n) is 5.86. The van der Waals surface area contributed by atoms with E-state index in [4.69, 9.17) is 4.74 Å². The van der Waals surface area contributed by atoms with Crippen molar-refractivity contribution in [3.05, 3.63) is 48.3 Å². The van der Waals surface area contributed by atoms with Crippen molar-refractivity contribution in [1.82, 2.24) is 9.97 Å². The summed E-state index contributed by atoms with van der Waals surface area (Å²) in [5.41, 5.74) is 4.39. The second kappa shape index (κ2) is 4.18. The molecule has 90 valence electrons. The largest absolute Gasteiger partial charge is 0.497 e. The van der Waals surface area contributed by atoms with Crippen LogP contribution in [0, 0.1) is 6.92 Å². The average Bonchev–Trinajstić information content (AvgIpc) is 2.81. The monoisotopic (exact) mass is 238 g/mol. The van der Waals surface area contributed by atoms with Gasteiger partial charge in [-0.2, -0.15) is 0 Å². The van der Waals surface area contributed by atoms with Crippen molar-refractivity contribution in [2.24, 2.45) is 0 Å². The second-order valence-corrected chi connectivity index (χ2v) is 4.33. The average molecular weight is 238 g/mol. The number of fused-ring (bicyclic) bond motifs is 1. The summed E-state index contributed by atoms with van der Waals surface area (Å²) in [6.07, 6.45) is 3.83. The molecule has 0 radical (unpaired) electrons. The molecule has 3 rings (SSSR count). The number of aryl methyl sites for hydroxylation is 1. The first kappa shape index (κ1) is 10.8. The van der Waals surface area contributed by atoms with Gasteiger partial charge in [-0.25, -0.2) is 0 Å². The lowest BCUT2D eigenvalue weighted by Gasteiger charge is -2.01. The molecule has 0 saturated heterocycles. The number of methoxy groups -OCH3 is 1. The maximum absolute atomic E-state index is 5.22. The highest BCUT2D eigenvalue weighted by molar-refractivity contribution is 5.95. The molecule has 3 heteroatoms. The highest BCUT2D eigenvalue weighted by atomic mass is 16.5. The van der Waals surface area contributed by atoms with Gasteiger partial charge in [-0.3, -0.25) is 4.98 Å². The number of pyridine rings is 1. The molecule has 0 spiro atoms. The molecule has 18 heavy (non-hydrogen) atoms. The van der Waals surface area contributed by atoms with E-state index in [0.29, 0.717) is 0 Å². The Hall–Kier alpha value is -2.29. The maximum atomic E-state index is 5.22. The first-order valence-corrected chi connectivity index (χ1v) is 5.86. The van der Waals surface area contributed by atoms with Crippen LogP contribution in [0.2, 0.25) is 0 Å². The van der Waals surface area contributed by atoms with Gasteiger partial charge in [-0.1, -0.05) is 0 Å². The van der Waals surface area contributed by atoms with Crippen LogP contribution < -0.4 is 4.74 Å². The minimum absolute atomic E-state index is 0.855. The summed E-state index contributed by atoms with van der Waals surface area (Å²) in [5.74, 6) is 0.855. The lowest BCUT2D eigenvalue weighted by atomic mass is 10.1. The van der Waals surface area contributed by atoms with Crippen LogP contribution in [-0.4, -0.2) is 17.1 Å². The van der Waals surface area contributed by atoms with E-state index in [2.05, 4.69) is 29.0 Å². The Morgan fingerprint density at radius 1 is 1.17 bits per heavy atom. The lowest BCUT2D eigenvalue weighted by Crippen LogP contribution is -1.84. The Bertz CT molecular complexity index is 701. The molecule has 0 aliphatic carbocycles. The highest BCUT2D eigenvalue weighted by Gasteiger charge is 2.07. The van der Waals surface area contributed by atoms with Gasteiger partial charge in [-0.05, 0) is 36.8 Å². The van der Waals surface area contributed by atoms with Crippen LogP contribution >= 0.6 is 0 Å². The maximum Gasteiger partial charge on any atom is 0.120 e. The van der Waals surface area contributed by atoms with Crippen LogP contribution in [0.15, 0.2) is 42.7 Å². The summed E-state index contributed by atoms with van der Waals surface area (Å²) in [4.78, 5) is 7.68. The van der Waals surface area contributed by atoms with Crippen molar-refractivity contribution < 1.29 is 4.74 Å². The van der Waals surface area contributed by atoms with Crippen LogP contribution in [0.1, 0.15) is 5.56 Å². The Morgan fingerprint density at radius 3 is 2.83 bits per heavy atom. The third kappa shape index (κ3) is 1.74. The van der Waals surface area contributed by atoms with E-state index in [1.807, 2.05) is 30.6 Å². The Kier molecular flexibility index (Phi) is 2.52. The quantitative estimate of drug-likeness (QED) is 0.741. The smallest absolute Gasteiger partial charge is 0.120 e. The number of nitrogens with one attached hydrogen (secondary N) is 1. The van der Waals surface area contributed by atoms with Crippen LogP contribution in [0.3, 0.4) is 0 Å². The summed E-state index contributed by atoms with van der Waals surface area (Å²) in [7, 11) is 1.67. The van der Waals surface area contributed by atoms with E-state index in [1.54, 1.807) is 7.11 Å². The van der Waals surface area contributed by atoms with Gasteiger partial charge in [0.15, 0.2) is 0 Å². The Morgan fingerprint density at radius 2 is 2.06 bits per heavy atom. The SMILES string of the molecule is COc1ccc2c(-c3cc(C)ccn3)c[nH]c2c1. The fraction of sp³-hybridized carbons (Fsp3) is 0.133.